The van der Waals surface area contributed by atoms with Crippen LogP contribution >= 0.6 is 11.8 Å². The standard InChI is InChI=1S/C56H34N4S/c1-3-11-45-35(7-1)9-5-13-47(45)51-33-25-41-17-15-39-23-31-49(57-53(39)55(41)59-51)37-19-27-43(28-20-37)61-44-29-21-38(22-30-44)50-32-24-40-16-18-42-26-34-52(60-56(42)54(40)58-50)48-14-6-10-36-8-2-4-12-46(36)48/h1-34H. The van der Waals surface area contributed by atoms with E-state index < -0.39 is 0 Å². The van der Waals surface area contributed by atoms with Crippen LogP contribution in [-0.2, 0) is 0 Å². The van der Waals surface area contributed by atoms with Crippen LogP contribution in [-0.4, -0.2) is 19.9 Å². The van der Waals surface area contributed by atoms with Crippen molar-refractivity contribution in [2.24, 2.45) is 0 Å². The number of benzene rings is 8. The summed E-state index contributed by atoms with van der Waals surface area (Å²) in [4.78, 5) is 23.2. The van der Waals surface area contributed by atoms with Gasteiger partial charge in [0.25, 0.3) is 0 Å². The third-order valence-corrected chi connectivity index (χ3v) is 12.7. The molecule has 0 aliphatic rings. The summed E-state index contributed by atoms with van der Waals surface area (Å²) in [6.45, 7) is 0. The lowest BCUT2D eigenvalue weighted by atomic mass is 10.0. The molecule has 61 heavy (non-hydrogen) atoms. The van der Waals surface area contributed by atoms with Crippen molar-refractivity contribution in [3.05, 3.63) is 206 Å². The second kappa shape index (κ2) is 14.5. The van der Waals surface area contributed by atoms with Crippen LogP contribution in [0.1, 0.15) is 0 Å². The van der Waals surface area contributed by atoms with Gasteiger partial charge in [0, 0.05) is 53.6 Å². The van der Waals surface area contributed by atoms with E-state index in [0.29, 0.717) is 0 Å². The number of rotatable bonds is 6. The minimum absolute atomic E-state index is 0.909. The molecule has 0 atom stereocenters. The van der Waals surface area contributed by atoms with Gasteiger partial charge in [-0.2, -0.15) is 0 Å². The van der Waals surface area contributed by atoms with Gasteiger partial charge >= 0.3 is 0 Å². The fraction of sp³-hybridized carbons (Fsp3) is 0. The SMILES string of the molecule is c1ccc2c(-c3ccc4ccc5ccc(-c6ccc(Sc7ccc(-c8ccc9ccc%10ccc(-c%11cccc%12ccccc%11%12)nc%10c9n8)cc7)cc6)nc5c4n3)cccc2c1. The first-order valence-electron chi connectivity index (χ1n) is 20.4. The Morgan fingerprint density at radius 2 is 0.574 bits per heavy atom. The van der Waals surface area contributed by atoms with Crippen molar-refractivity contribution in [3.8, 4) is 45.0 Å². The van der Waals surface area contributed by atoms with Crippen LogP contribution < -0.4 is 0 Å². The summed E-state index contributed by atoms with van der Waals surface area (Å²) in [5.41, 5.74) is 11.8. The molecule has 0 fully saturated rings. The maximum atomic E-state index is 5.22. The first-order valence-corrected chi connectivity index (χ1v) is 21.3. The molecule has 0 spiro atoms. The molecule has 0 amide bonds. The molecule has 0 saturated heterocycles. The monoisotopic (exact) mass is 794 g/mol. The second-order valence-corrected chi connectivity index (χ2v) is 16.6. The zero-order valence-electron chi connectivity index (χ0n) is 32.8. The molecule has 0 radical (unpaired) electrons. The summed E-state index contributed by atoms with van der Waals surface area (Å²) in [5, 5.41) is 9.10. The average Bonchev–Trinajstić information content (AvgIpc) is 3.33. The topological polar surface area (TPSA) is 51.6 Å². The summed E-state index contributed by atoms with van der Waals surface area (Å²) in [7, 11) is 0. The van der Waals surface area contributed by atoms with E-state index >= 15 is 0 Å². The van der Waals surface area contributed by atoms with Crippen molar-refractivity contribution in [2.75, 3.05) is 0 Å². The van der Waals surface area contributed by atoms with Crippen LogP contribution in [0.4, 0.5) is 0 Å². The van der Waals surface area contributed by atoms with E-state index in [1.165, 1.54) is 21.5 Å². The van der Waals surface area contributed by atoms with Crippen molar-refractivity contribution in [1.82, 2.24) is 19.9 Å². The summed E-state index contributed by atoms with van der Waals surface area (Å²) < 4.78 is 0. The van der Waals surface area contributed by atoms with Crippen LogP contribution in [0.3, 0.4) is 0 Å². The Kier molecular flexibility index (Phi) is 8.39. The number of pyridine rings is 4. The zero-order chi connectivity index (χ0) is 40.3. The molecule has 0 aliphatic carbocycles. The van der Waals surface area contributed by atoms with E-state index in [4.69, 9.17) is 19.9 Å². The molecule has 12 aromatic rings. The highest BCUT2D eigenvalue weighted by Gasteiger charge is 2.13. The zero-order valence-corrected chi connectivity index (χ0v) is 33.6. The van der Waals surface area contributed by atoms with E-state index in [1.54, 1.807) is 11.8 Å². The number of hydrogen-bond acceptors (Lipinski definition) is 5. The fourth-order valence-electron chi connectivity index (χ4n) is 8.58. The van der Waals surface area contributed by atoms with E-state index in [1.807, 2.05) is 0 Å². The third kappa shape index (κ3) is 6.35. The lowest BCUT2D eigenvalue weighted by molar-refractivity contribution is 1.35. The first kappa shape index (κ1) is 35.2. The number of aromatic nitrogens is 4. The third-order valence-electron chi connectivity index (χ3n) is 11.7. The molecule has 0 aliphatic heterocycles. The summed E-state index contributed by atoms with van der Waals surface area (Å²) >= 11 is 1.74. The van der Waals surface area contributed by atoms with Crippen LogP contribution in [0.25, 0.3) is 110 Å². The van der Waals surface area contributed by atoms with Crippen LogP contribution in [0.2, 0.25) is 0 Å². The van der Waals surface area contributed by atoms with E-state index in [2.05, 4.69) is 206 Å². The molecule has 4 nitrogen and oxygen atoms in total. The van der Waals surface area contributed by atoms with Crippen LogP contribution in [0, 0.1) is 0 Å². The highest BCUT2D eigenvalue weighted by molar-refractivity contribution is 7.99. The molecule has 0 saturated carbocycles. The van der Waals surface area contributed by atoms with E-state index in [-0.39, 0.29) is 0 Å². The average molecular weight is 795 g/mol. The molecule has 5 heteroatoms. The predicted octanol–water partition coefficient (Wildman–Crippen LogP) is 15.0. The van der Waals surface area contributed by atoms with Crippen LogP contribution in [0.15, 0.2) is 216 Å². The lowest BCUT2D eigenvalue weighted by Gasteiger charge is -2.10. The Labute approximate surface area is 356 Å². The minimum atomic E-state index is 0.909. The molecule has 8 aromatic carbocycles. The van der Waals surface area contributed by atoms with E-state index in [0.717, 1.165) is 98.4 Å². The van der Waals surface area contributed by atoms with Gasteiger partial charge in [-0.05, 0) is 70.1 Å². The Morgan fingerprint density at radius 3 is 0.984 bits per heavy atom. The molecule has 0 N–H and O–H groups in total. The van der Waals surface area contributed by atoms with Gasteiger partial charge in [0.05, 0.1) is 44.8 Å². The van der Waals surface area contributed by atoms with Crippen molar-refractivity contribution >= 4 is 76.9 Å². The van der Waals surface area contributed by atoms with Gasteiger partial charge in [-0.15, -0.1) is 0 Å². The van der Waals surface area contributed by atoms with Gasteiger partial charge in [-0.1, -0.05) is 169 Å². The fourth-order valence-corrected chi connectivity index (χ4v) is 9.39. The van der Waals surface area contributed by atoms with Crippen molar-refractivity contribution in [2.45, 2.75) is 9.79 Å². The smallest absolute Gasteiger partial charge is 0.0972 e. The van der Waals surface area contributed by atoms with Gasteiger partial charge < -0.3 is 0 Å². The second-order valence-electron chi connectivity index (χ2n) is 15.4. The number of fused-ring (bicyclic) bond motifs is 8. The van der Waals surface area contributed by atoms with Crippen LogP contribution in [0.5, 0.6) is 0 Å². The maximum Gasteiger partial charge on any atom is 0.0972 e. The lowest BCUT2D eigenvalue weighted by Crippen LogP contribution is -1.91. The normalized spacial score (nSPS) is 11.7. The van der Waals surface area contributed by atoms with E-state index in [9.17, 15) is 0 Å². The maximum absolute atomic E-state index is 5.22. The molecular weight excluding hydrogens is 761 g/mol. The Morgan fingerprint density at radius 1 is 0.246 bits per heavy atom. The Balaban J connectivity index is 0.811. The van der Waals surface area contributed by atoms with Crippen molar-refractivity contribution in [3.63, 3.8) is 0 Å². The molecule has 0 unspecified atom stereocenters. The molecule has 4 heterocycles. The Hall–Kier alpha value is -7.73. The highest BCUT2D eigenvalue weighted by Crippen LogP contribution is 2.36. The predicted molar refractivity (Wildman–Crippen MR) is 255 cm³/mol. The quantitative estimate of drug-likeness (QED) is 0.157. The largest absolute Gasteiger partial charge is 0.245 e. The van der Waals surface area contributed by atoms with Gasteiger partial charge in [-0.25, -0.2) is 19.9 Å². The minimum Gasteiger partial charge on any atom is -0.245 e. The molecule has 4 aromatic heterocycles. The highest BCUT2D eigenvalue weighted by atomic mass is 32.2. The molecule has 0 bridgehead atoms. The summed E-state index contributed by atoms with van der Waals surface area (Å²) in [6.07, 6.45) is 0. The summed E-state index contributed by atoms with van der Waals surface area (Å²) in [5.74, 6) is 0. The van der Waals surface area contributed by atoms with Gasteiger partial charge in [-0.3, -0.25) is 0 Å². The van der Waals surface area contributed by atoms with Gasteiger partial charge in [0.2, 0.25) is 0 Å². The van der Waals surface area contributed by atoms with Gasteiger partial charge in [0.1, 0.15) is 0 Å². The molecule has 12 rings (SSSR count). The Bertz CT molecular complexity index is 3420. The summed E-state index contributed by atoms with van der Waals surface area (Å²) in [6, 6.07) is 72.7. The van der Waals surface area contributed by atoms with Gasteiger partial charge in [0.15, 0.2) is 0 Å². The number of hydrogen-bond donors (Lipinski definition) is 0. The van der Waals surface area contributed by atoms with Crippen molar-refractivity contribution < 1.29 is 0 Å². The molecule has 284 valence electrons. The van der Waals surface area contributed by atoms with Crippen molar-refractivity contribution in [1.29, 1.82) is 0 Å². The molecular formula is C56H34N4S. The number of nitrogens with zero attached hydrogens (tertiary/aromatic N) is 4. The first-order chi connectivity index (χ1) is 30.2.